The van der Waals surface area contributed by atoms with E-state index in [1.807, 2.05) is 0 Å². The third kappa shape index (κ3) is 2.46. The maximum Gasteiger partial charge on any atom is 0.431 e. The summed E-state index contributed by atoms with van der Waals surface area (Å²) in [5, 5.41) is 8.77. The first-order chi connectivity index (χ1) is 10.2. The first-order valence-corrected chi connectivity index (χ1v) is 5.87. The van der Waals surface area contributed by atoms with E-state index < -0.39 is 23.1 Å². The van der Waals surface area contributed by atoms with Gasteiger partial charge in [0, 0.05) is 13.1 Å². The van der Waals surface area contributed by atoms with Crippen LogP contribution >= 0.6 is 0 Å². The second-order valence-corrected chi connectivity index (χ2v) is 4.43. The number of nitrogens with two attached hydrogens (primary N) is 1. The van der Waals surface area contributed by atoms with Gasteiger partial charge in [0.25, 0.3) is 5.56 Å². The first kappa shape index (κ1) is 15.4. The molecular formula is C13H9F3N4O2. The molecular weight excluding hydrogens is 301 g/mol. The van der Waals surface area contributed by atoms with Gasteiger partial charge >= 0.3 is 11.9 Å². The highest BCUT2D eigenvalue weighted by Crippen LogP contribution is 2.27. The third-order valence-electron chi connectivity index (χ3n) is 3.02. The van der Waals surface area contributed by atoms with Crippen LogP contribution < -0.4 is 17.0 Å². The summed E-state index contributed by atoms with van der Waals surface area (Å²) in [6.07, 6.45) is -4.82. The van der Waals surface area contributed by atoms with Gasteiger partial charge in [0.15, 0.2) is 0 Å². The molecule has 114 valence electrons. The minimum atomic E-state index is -4.82. The second-order valence-electron chi connectivity index (χ2n) is 4.43. The fourth-order valence-electron chi connectivity index (χ4n) is 1.93. The predicted octanol–water partition coefficient (Wildman–Crippen LogP) is 1.01. The van der Waals surface area contributed by atoms with Crippen molar-refractivity contribution in [2.24, 2.45) is 7.05 Å². The Morgan fingerprint density at radius 3 is 2.36 bits per heavy atom. The SMILES string of the molecule is Cn1c(C(F)(F)F)cc(=O)n(-c2ccc(C#N)c(N)c2)c1=O. The molecule has 0 saturated carbocycles. The van der Waals surface area contributed by atoms with Crippen molar-refractivity contribution in [3.8, 4) is 11.8 Å². The lowest BCUT2D eigenvalue weighted by Crippen LogP contribution is -2.40. The number of anilines is 1. The van der Waals surface area contributed by atoms with E-state index in [1.165, 1.54) is 18.2 Å². The Morgan fingerprint density at radius 2 is 1.86 bits per heavy atom. The minimum absolute atomic E-state index is 0.00820. The Labute approximate surface area is 121 Å². The maximum absolute atomic E-state index is 12.7. The molecule has 9 heteroatoms. The third-order valence-corrected chi connectivity index (χ3v) is 3.02. The summed E-state index contributed by atoms with van der Waals surface area (Å²) in [5.74, 6) is 0. The van der Waals surface area contributed by atoms with E-state index in [2.05, 4.69) is 0 Å². The molecule has 0 amide bonds. The molecule has 1 aromatic carbocycles. The first-order valence-electron chi connectivity index (χ1n) is 5.87. The monoisotopic (exact) mass is 310 g/mol. The molecule has 6 nitrogen and oxygen atoms in total. The fourth-order valence-corrected chi connectivity index (χ4v) is 1.93. The number of halogens is 3. The van der Waals surface area contributed by atoms with Crippen LogP contribution in [0.25, 0.3) is 5.69 Å². The van der Waals surface area contributed by atoms with Crippen LogP contribution in [-0.4, -0.2) is 9.13 Å². The molecule has 2 aromatic rings. The average Bonchev–Trinajstić information content (AvgIpc) is 2.42. The summed E-state index contributed by atoms with van der Waals surface area (Å²) in [4.78, 5) is 23.9. The van der Waals surface area contributed by atoms with Crippen LogP contribution in [0.5, 0.6) is 0 Å². The molecule has 0 saturated heterocycles. The number of hydrogen-bond acceptors (Lipinski definition) is 4. The Morgan fingerprint density at radius 1 is 1.23 bits per heavy atom. The van der Waals surface area contributed by atoms with Crippen molar-refractivity contribution >= 4 is 5.69 Å². The van der Waals surface area contributed by atoms with E-state index in [-0.39, 0.29) is 16.9 Å². The molecule has 0 bridgehead atoms. The van der Waals surface area contributed by atoms with Crippen molar-refractivity contribution in [3.05, 3.63) is 56.4 Å². The Balaban J connectivity index is 2.77. The number of alkyl halides is 3. The fraction of sp³-hybridized carbons (Fsp3) is 0.154. The molecule has 2 rings (SSSR count). The summed E-state index contributed by atoms with van der Waals surface area (Å²) in [5.41, 5.74) is 2.05. The number of rotatable bonds is 1. The van der Waals surface area contributed by atoms with E-state index >= 15 is 0 Å². The lowest BCUT2D eigenvalue weighted by atomic mass is 10.2. The molecule has 0 aliphatic rings. The molecule has 2 N–H and O–H groups in total. The number of hydrogen-bond donors (Lipinski definition) is 1. The molecule has 0 aliphatic carbocycles. The van der Waals surface area contributed by atoms with Crippen LogP contribution in [0.1, 0.15) is 11.3 Å². The van der Waals surface area contributed by atoms with Gasteiger partial charge in [-0.15, -0.1) is 0 Å². The van der Waals surface area contributed by atoms with Crippen LogP contribution in [-0.2, 0) is 13.2 Å². The van der Waals surface area contributed by atoms with Gasteiger partial charge < -0.3 is 5.73 Å². The smallest absolute Gasteiger partial charge is 0.398 e. The maximum atomic E-state index is 12.7. The number of nitriles is 1. The lowest BCUT2D eigenvalue weighted by Gasteiger charge is -2.14. The molecule has 0 unspecified atom stereocenters. The van der Waals surface area contributed by atoms with Gasteiger partial charge in [-0.05, 0) is 18.2 Å². The summed E-state index contributed by atoms with van der Waals surface area (Å²) in [6.45, 7) is 0. The zero-order chi connectivity index (χ0) is 16.7. The van der Waals surface area contributed by atoms with Gasteiger partial charge in [0.05, 0.1) is 16.9 Å². The van der Waals surface area contributed by atoms with Gasteiger partial charge in [-0.1, -0.05) is 0 Å². The van der Waals surface area contributed by atoms with E-state index in [0.717, 1.165) is 7.05 Å². The van der Waals surface area contributed by atoms with Crippen LogP contribution in [0.3, 0.4) is 0 Å². The van der Waals surface area contributed by atoms with E-state index in [1.54, 1.807) is 6.07 Å². The molecule has 0 aliphatic heterocycles. The normalized spacial score (nSPS) is 11.2. The van der Waals surface area contributed by atoms with Crippen LogP contribution in [0.15, 0.2) is 33.9 Å². The Kier molecular flexibility index (Phi) is 3.54. The van der Waals surface area contributed by atoms with Gasteiger partial charge in [-0.3, -0.25) is 9.36 Å². The number of nitrogens with zero attached hydrogens (tertiary/aromatic N) is 3. The van der Waals surface area contributed by atoms with Crippen LogP contribution in [0.2, 0.25) is 0 Å². The van der Waals surface area contributed by atoms with Gasteiger partial charge in [0.1, 0.15) is 11.8 Å². The van der Waals surface area contributed by atoms with Crippen LogP contribution in [0.4, 0.5) is 18.9 Å². The van der Waals surface area contributed by atoms with Gasteiger partial charge in [-0.2, -0.15) is 18.4 Å². The molecule has 0 atom stereocenters. The van der Waals surface area contributed by atoms with Crippen molar-refractivity contribution in [1.82, 2.24) is 9.13 Å². The van der Waals surface area contributed by atoms with Crippen molar-refractivity contribution in [2.45, 2.75) is 6.18 Å². The topological polar surface area (TPSA) is 93.8 Å². The van der Waals surface area contributed by atoms with E-state index in [9.17, 15) is 22.8 Å². The number of nitrogen functional groups attached to an aromatic ring is 1. The highest BCUT2D eigenvalue weighted by molar-refractivity contribution is 5.58. The highest BCUT2D eigenvalue weighted by atomic mass is 19.4. The van der Waals surface area contributed by atoms with Crippen molar-refractivity contribution in [1.29, 1.82) is 5.26 Å². The zero-order valence-corrected chi connectivity index (χ0v) is 11.2. The molecule has 1 heterocycles. The van der Waals surface area contributed by atoms with Crippen LogP contribution in [0, 0.1) is 11.3 Å². The zero-order valence-electron chi connectivity index (χ0n) is 11.2. The standard InChI is InChI=1S/C13H9F3N4O2/c1-19-10(13(14,15)16)5-11(21)20(12(19)22)8-3-2-7(6-17)9(18)4-8/h2-5H,18H2,1H3. The lowest BCUT2D eigenvalue weighted by molar-refractivity contribution is -0.144. The summed E-state index contributed by atoms with van der Waals surface area (Å²) < 4.78 is 39.1. The second kappa shape index (κ2) is 5.07. The van der Waals surface area contributed by atoms with Crippen molar-refractivity contribution in [2.75, 3.05) is 5.73 Å². The Bertz CT molecular complexity index is 903. The largest absolute Gasteiger partial charge is 0.431 e. The molecule has 0 spiro atoms. The van der Waals surface area contributed by atoms with E-state index in [0.29, 0.717) is 15.2 Å². The average molecular weight is 310 g/mol. The number of benzene rings is 1. The molecule has 1 aromatic heterocycles. The van der Waals surface area contributed by atoms with Crippen molar-refractivity contribution < 1.29 is 13.2 Å². The van der Waals surface area contributed by atoms with Gasteiger partial charge in [0.2, 0.25) is 0 Å². The Hall–Kier alpha value is -3.02. The minimum Gasteiger partial charge on any atom is -0.398 e. The summed E-state index contributed by atoms with van der Waals surface area (Å²) in [7, 11) is 0.911. The van der Waals surface area contributed by atoms with E-state index in [4.69, 9.17) is 11.0 Å². The molecule has 22 heavy (non-hydrogen) atoms. The quantitative estimate of drug-likeness (QED) is 0.795. The summed E-state index contributed by atoms with van der Waals surface area (Å²) >= 11 is 0. The van der Waals surface area contributed by atoms with Gasteiger partial charge in [-0.25, -0.2) is 9.36 Å². The number of aromatic nitrogens is 2. The predicted molar refractivity (Wildman–Crippen MR) is 71.4 cm³/mol. The summed E-state index contributed by atoms with van der Waals surface area (Å²) in [6, 6.07) is 5.83. The highest BCUT2D eigenvalue weighted by Gasteiger charge is 2.35. The molecule has 0 radical (unpaired) electrons. The van der Waals surface area contributed by atoms with Crippen molar-refractivity contribution in [3.63, 3.8) is 0 Å². The molecule has 0 fully saturated rings.